The van der Waals surface area contributed by atoms with Crippen LogP contribution in [-0.4, -0.2) is 15.0 Å². The minimum absolute atomic E-state index is 0.0328. The van der Waals surface area contributed by atoms with Crippen LogP contribution in [0.15, 0.2) is 42.6 Å². The highest BCUT2D eigenvalue weighted by Crippen LogP contribution is 2.36. The average Bonchev–Trinajstić information content (AvgIpc) is 2.59. The summed E-state index contributed by atoms with van der Waals surface area (Å²) in [6, 6.07) is 6.37. The molecule has 0 spiro atoms. The molecule has 0 amide bonds. The van der Waals surface area contributed by atoms with Crippen molar-refractivity contribution < 1.29 is 26.3 Å². The summed E-state index contributed by atoms with van der Waals surface area (Å²) in [5, 5.41) is 0.0328. The topological polar surface area (TPSA) is 38.7 Å². The van der Waals surface area contributed by atoms with E-state index in [9.17, 15) is 26.3 Å². The number of aromatic nitrogens is 3. The van der Waals surface area contributed by atoms with Crippen molar-refractivity contribution >= 4 is 11.6 Å². The van der Waals surface area contributed by atoms with Crippen molar-refractivity contribution in [2.45, 2.75) is 19.3 Å². The summed E-state index contributed by atoms with van der Waals surface area (Å²) in [5.74, 6) is -0.272. The zero-order valence-corrected chi connectivity index (χ0v) is 14.8. The highest BCUT2D eigenvalue weighted by Gasteiger charge is 2.35. The van der Waals surface area contributed by atoms with E-state index in [4.69, 9.17) is 11.6 Å². The van der Waals surface area contributed by atoms with Crippen LogP contribution in [0.1, 0.15) is 16.8 Å². The summed E-state index contributed by atoms with van der Waals surface area (Å²) in [7, 11) is 0. The number of hydrogen-bond acceptors (Lipinski definition) is 3. The van der Waals surface area contributed by atoms with Crippen LogP contribution < -0.4 is 0 Å². The fourth-order valence-electron chi connectivity index (χ4n) is 2.55. The predicted molar refractivity (Wildman–Crippen MR) is 90.5 cm³/mol. The summed E-state index contributed by atoms with van der Waals surface area (Å²) in [5.41, 5.74) is -2.11. The number of rotatable bonds is 2. The molecule has 0 N–H and O–H groups in total. The Hall–Kier alpha value is -2.68. The standard InChI is InChI=1S/C18H10ClF6N3/c1-9-6-10(2-3-12(9)17(20,21)22)13-8-14(18(23,24)25)28-16(27-13)11-4-5-26-15(19)7-11/h2-8H,1H3. The van der Waals surface area contributed by atoms with Gasteiger partial charge in [-0.15, -0.1) is 0 Å². The molecule has 0 bridgehead atoms. The maximum Gasteiger partial charge on any atom is 0.433 e. The molecule has 0 aliphatic heterocycles. The Morgan fingerprint density at radius 1 is 0.821 bits per heavy atom. The predicted octanol–water partition coefficient (Wildman–Crippen LogP) is 6.21. The van der Waals surface area contributed by atoms with Crippen LogP contribution >= 0.6 is 11.6 Å². The van der Waals surface area contributed by atoms with Gasteiger partial charge < -0.3 is 0 Å². The second-order valence-electron chi connectivity index (χ2n) is 5.85. The van der Waals surface area contributed by atoms with Gasteiger partial charge in [-0.05, 0) is 42.8 Å². The minimum atomic E-state index is -4.77. The lowest BCUT2D eigenvalue weighted by Gasteiger charge is -2.13. The third kappa shape index (κ3) is 4.24. The first kappa shape index (κ1) is 20.1. The third-order valence-corrected chi connectivity index (χ3v) is 4.04. The molecule has 2 aromatic heterocycles. The maximum atomic E-state index is 13.3. The van der Waals surface area contributed by atoms with Crippen molar-refractivity contribution in [1.82, 2.24) is 15.0 Å². The van der Waals surface area contributed by atoms with E-state index in [0.29, 0.717) is 6.07 Å². The minimum Gasteiger partial charge on any atom is -0.245 e. The number of nitrogens with zero attached hydrogens (tertiary/aromatic N) is 3. The molecule has 0 radical (unpaired) electrons. The number of halogens is 7. The number of hydrogen-bond donors (Lipinski definition) is 0. The Morgan fingerprint density at radius 2 is 1.54 bits per heavy atom. The van der Waals surface area contributed by atoms with Crippen LogP contribution in [0, 0.1) is 6.92 Å². The van der Waals surface area contributed by atoms with Gasteiger partial charge in [-0.2, -0.15) is 26.3 Å². The monoisotopic (exact) mass is 417 g/mol. The number of aryl methyl sites for hydroxylation is 1. The first-order chi connectivity index (χ1) is 12.9. The lowest BCUT2D eigenvalue weighted by atomic mass is 10.0. The second-order valence-corrected chi connectivity index (χ2v) is 6.24. The lowest BCUT2D eigenvalue weighted by Crippen LogP contribution is -2.11. The Morgan fingerprint density at radius 3 is 2.11 bits per heavy atom. The molecule has 10 heteroatoms. The Balaban J connectivity index is 2.18. The van der Waals surface area contributed by atoms with Crippen molar-refractivity contribution in [3.8, 4) is 22.6 Å². The van der Waals surface area contributed by atoms with Crippen LogP contribution in [0.25, 0.3) is 22.6 Å². The van der Waals surface area contributed by atoms with Crippen molar-refractivity contribution in [3.05, 3.63) is 64.6 Å². The molecule has 3 rings (SSSR count). The molecule has 0 aliphatic rings. The van der Waals surface area contributed by atoms with E-state index in [1.54, 1.807) is 0 Å². The smallest absolute Gasteiger partial charge is 0.245 e. The van der Waals surface area contributed by atoms with Crippen molar-refractivity contribution in [3.63, 3.8) is 0 Å². The van der Waals surface area contributed by atoms with Gasteiger partial charge in [0.25, 0.3) is 0 Å². The van der Waals surface area contributed by atoms with Gasteiger partial charge >= 0.3 is 12.4 Å². The molecule has 0 unspecified atom stereocenters. The normalized spacial score (nSPS) is 12.3. The summed E-state index contributed by atoms with van der Waals surface area (Å²) >= 11 is 5.77. The van der Waals surface area contributed by atoms with Gasteiger partial charge in [-0.25, -0.2) is 15.0 Å². The van der Waals surface area contributed by atoms with Gasteiger partial charge in [0, 0.05) is 17.3 Å². The van der Waals surface area contributed by atoms with E-state index in [1.165, 1.54) is 25.3 Å². The van der Waals surface area contributed by atoms with E-state index in [-0.39, 0.29) is 33.4 Å². The van der Waals surface area contributed by atoms with Gasteiger partial charge in [-0.3, -0.25) is 0 Å². The number of alkyl halides is 6. The van der Waals surface area contributed by atoms with Crippen LogP contribution in [0.3, 0.4) is 0 Å². The van der Waals surface area contributed by atoms with Crippen LogP contribution in [-0.2, 0) is 12.4 Å². The zero-order chi connectivity index (χ0) is 20.7. The van der Waals surface area contributed by atoms with Crippen molar-refractivity contribution in [2.75, 3.05) is 0 Å². The molecule has 0 saturated heterocycles. The quantitative estimate of drug-likeness (QED) is 0.368. The maximum absolute atomic E-state index is 13.3. The molecular weight excluding hydrogens is 408 g/mol. The summed E-state index contributed by atoms with van der Waals surface area (Å²) in [6.45, 7) is 1.22. The Bertz CT molecular complexity index is 1030. The number of benzene rings is 1. The summed E-state index contributed by atoms with van der Waals surface area (Å²) in [4.78, 5) is 11.3. The lowest BCUT2D eigenvalue weighted by molar-refractivity contribution is -0.141. The molecule has 1 aromatic carbocycles. The van der Waals surface area contributed by atoms with E-state index in [1.807, 2.05) is 0 Å². The summed E-state index contributed by atoms with van der Waals surface area (Å²) in [6.07, 6.45) is -8.06. The highest BCUT2D eigenvalue weighted by atomic mass is 35.5. The SMILES string of the molecule is Cc1cc(-c2cc(C(F)(F)F)nc(-c3ccnc(Cl)c3)n2)ccc1C(F)(F)F. The van der Waals surface area contributed by atoms with Crippen molar-refractivity contribution in [2.24, 2.45) is 0 Å². The van der Waals surface area contributed by atoms with Crippen LogP contribution in [0.2, 0.25) is 5.15 Å². The molecule has 0 atom stereocenters. The van der Waals surface area contributed by atoms with E-state index in [2.05, 4.69) is 15.0 Å². The van der Waals surface area contributed by atoms with Gasteiger partial charge in [-0.1, -0.05) is 17.7 Å². The molecular formula is C18H10ClF6N3. The molecule has 28 heavy (non-hydrogen) atoms. The number of pyridine rings is 1. The van der Waals surface area contributed by atoms with Gasteiger partial charge in [0.05, 0.1) is 11.3 Å². The van der Waals surface area contributed by atoms with Crippen LogP contribution in [0.5, 0.6) is 0 Å². The van der Waals surface area contributed by atoms with E-state index < -0.39 is 23.6 Å². The Labute approximate surface area is 160 Å². The Kier molecular flexibility index (Phi) is 5.05. The fourth-order valence-corrected chi connectivity index (χ4v) is 2.73. The first-order valence-electron chi connectivity index (χ1n) is 7.71. The zero-order valence-electron chi connectivity index (χ0n) is 14.0. The molecule has 3 nitrogen and oxygen atoms in total. The van der Waals surface area contributed by atoms with Gasteiger partial charge in [0.1, 0.15) is 10.8 Å². The van der Waals surface area contributed by atoms with Gasteiger partial charge in [0.15, 0.2) is 5.82 Å². The molecule has 0 fully saturated rings. The van der Waals surface area contributed by atoms with E-state index in [0.717, 1.165) is 18.2 Å². The second kappa shape index (κ2) is 7.05. The van der Waals surface area contributed by atoms with Gasteiger partial charge in [0.2, 0.25) is 0 Å². The molecule has 0 aliphatic carbocycles. The van der Waals surface area contributed by atoms with E-state index >= 15 is 0 Å². The first-order valence-corrected chi connectivity index (χ1v) is 8.09. The van der Waals surface area contributed by atoms with Crippen molar-refractivity contribution in [1.29, 1.82) is 0 Å². The fraction of sp³-hybridized carbons (Fsp3) is 0.167. The molecule has 0 saturated carbocycles. The summed E-state index contributed by atoms with van der Waals surface area (Å²) < 4.78 is 78.6. The molecule has 146 valence electrons. The highest BCUT2D eigenvalue weighted by molar-refractivity contribution is 6.29. The largest absolute Gasteiger partial charge is 0.433 e. The average molecular weight is 418 g/mol. The molecule has 2 heterocycles. The molecule has 3 aromatic rings. The van der Waals surface area contributed by atoms with Crippen LogP contribution in [0.4, 0.5) is 26.3 Å². The third-order valence-electron chi connectivity index (χ3n) is 3.83.